The van der Waals surface area contributed by atoms with Gasteiger partial charge in [-0.25, -0.2) is 8.42 Å². The van der Waals surface area contributed by atoms with E-state index in [0.29, 0.717) is 19.3 Å². The number of amides is 1. The van der Waals surface area contributed by atoms with Crippen LogP contribution in [0.25, 0.3) is 0 Å². The number of nitrogens with one attached hydrogen (secondary N) is 1. The van der Waals surface area contributed by atoms with Crippen LogP contribution in [-0.4, -0.2) is 31.4 Å². The van der Waals surface area contributed by atoms with E-state index >= 15 is 0 Å². The van der Waals surface area contributed by atoms with Crippen LogP contribution in [0.3, 0.4) is 0 Å². The highest BCUT2D eigenvalue weighted by Gasteiger charge is 2.39. The molecule has 1 fully saturated rings. The standard InChI is InChI=1S/C16H23NO3S/c1-3-13-4-6-14(7-5-13)8-9-15(18)17-16(2)10-11-21(19,20)12-16/h4-7H,3,8-12H2,1-2H3,(H,17,18). The number of benzene rings is 1. The van der Waals surface area contributed by atoms with Gasteiger partial charge in [0.25, 0.3) is 0 Å². The van der Waals surface area contributed by atoms with Gasteiger partial charge in [0.1, 0.15) is 0 Å². The molecule has 1 aliphatic heterocycles. The molecule has 1 atom stereocenters. The zero-order valence-electron chi connectivity index (χ0n) is 12.7. The predicted molar refractivity (Wildman–Crippen MR) is 84.0 cm³/mol. The smallest absolute Gasteiger partial charge is 0.220 e. The molecule has 1 aromatic rings. The first kappa shape index (κ1) is 16.0. The first-order valence-corrected chi connectivity index (χ1v) is 9.23. The van der Waals surface area contributed by atoms with Crippen LogP contribution in [0.1, 0.15) is 37.8 Å². The molecule has 0 aliphatic carbocycles. The van der Waals surface area contributed by atoms with Gasteiger partial charge in [0.2, 0.25) is 5.91 Å². The molecule has 1 unspecified atom stereocenters. The third-order valence-corrected chi connectivity index (χ3v) is 5.92. The third kappa shape index (κ3) is 4.56. The van der Waals surface area contributed by atoms with Gasteiger partial charge < -0.3 is 5.32 Å². The molecule has 1 N–H and O–H groups in total. The first-order valence-electron chi connectivity index (χ1n) is 7.41. The van der Waals surface area contributed by atoms with Crippen LogP contribution in [0.5, 0.6) is 0 Å². The monoisotopic (exact) mass is 309 g/mol. The van der Waals surface area contributed by atoms with Gasteiger partial charge in [0, 0.05) is 6.42 Å². The van der Waals surface area contributed by atoms with E-state index in [0.717, 1.165) is 12.0 Å². The van der Waals surface area contributed by atoms with Gasteiger partial charge in [-0.2, -0.15) is 0 Å². The highest BCUT2D eigenvalue weighted by Crippen LogP contribution is 2.23. The van der Waals surface area contributed by atoms with Crippen LogP contribution in [0.4, 0.5) is 0 Å². The summed E-state index contributed by atoms with van der Waals surface area (Å²) in [6.45, 7) is 3.92. The second-order valence-corrected chi connectivity index (χ2v) is 8.30. The zero-order valence-corrected chi connectivity index (χ0v) is 13.5. The number of carbonyl (C=O) groups is 1. The first-order chi connectivity index (χ1) is 9.82. The van der Waals surface area contributed by atoms with E-state index < -0.39 is 15.4 Å². The Labute approximate surface area is 126 Å². The van der Waals surface area contributed by atoms with Crippen molar-refractivity contribution < 1.29 is 13.2 Å². The molecular formula is C16H23NO3S. The Morgan fingerprint density at radius 3 is 2.38 bits per heavy atom. The summed E-state index contributed by atoms with van der Waals surface area (Å²) < 4.78 is 23.0. The maximum Gasteiger partial charge on any atom is 0.220 e. The predicted octanol–water partition coefficient (Wildman–Crippen LogP) is 1.87. The van der Waals surface area contributed by atoms with E-state index in [1.807, 2.05) is 19.1 Å². The molecule has 2 rings (SSSR count). The van der Waals surface area contributed by atoms with Crippen molar-refractivity contribution in [3.63, 3.8) is 0 Å². The molecule has 21 heavy (non-hydrogen) atoms. The summed E-state index contributed by atoms with van der Waals surface area (Å²) in [6, 6.07) is 8.26. The summed E-state index contributed by atoms with van der Waals surface area (Å²) in [5.41, 5.74) is 1.82. The number of rotatable bonds is 5. The van der Waals surface area contributed by atoms with E-state index in [1.165, 1.54) is 5.56 Å². The molecule has 0 bridgehead atoms. The van der Waals surface area contributed by atoms with E-state index in [2.05, 4.69) is 24.4 Å². The maximum atomic E-state index is 12.0. The molecule has 0 saturated carbocycles. The van der Waals surface area contributed by atoms with Crippen molar-refractivity contribution in [2.45, 2.75) is 45.1 Å². The lowest BCUT2D eigenvalue weighted by Gasteiger charge is -2.23. The second kappa shape index (κ2) is 6.18. The minimum Gasteiger partial charge on any atom is -0.350 e. The van der Waals surface area contributed by atoms with Crippen molar-refractivity contribution in [3.8, 4) is 0 Å². The van der Waals surface area contributed by atoms with Gasteiger partial charge in [-0.1, -0.05) is 31.2 Å². The molecule has 116 valence electrons. The van der Waals surface area contributed by atoms with Gasteiger partial charge in [-0.3, -0.25) is 4.79 Å². The molecule has 1 aromatic carbocycles. The van der Waals surface area contributed by atoms with Gasteiger partial charge in [0.05, 0.1) is 17.0 Å². The maximum absolute atomic E-state index is 12.0. The van der Waals surface area contributed by atoms with Crippen LogP contribution < -0.4 is 5.32 Å². The van der Waals surface area contributed by atoms with E-state index in [1.54, 1.807) is 0 Å². The van der Waals surface area contributed by atoms with Crippen LogP contribution in [0, 0.1) is 0 Å². The lowest BCUT2D eigenvalue weighted by molar-refractivity contribution is -0.122. The Kier molecular flexibility index (Phi) is 4.71. The van der Waals surface area contributed by atoms with Gasteiger partial charge in [0.15, 0.2) is 9.84 Å². The van der Waals surface area contributed by atoms with Crippen molar-refractivity contribution in [3.05, 3.63) is 35.4 Å². The van der Waals surface area contributed by atoms with E-state index in [4.69, 9.17) is 0 Å². The summed E-state index contributed by atoms with van der Waals surface area (Å²) in [6.07, 6.45) is 2.58. The fraction of sp³-hybridized carbons (Fsp3) is 0.562. The van der Waals surface area contributed by atoms with Crippen LogP contribution in [-0.2, 0) is 27.5 Å². The van der Waals surface area contributed by atoms with Crippen LogP contribution in [0.2, 0.25) is 0 Å². The fourth-order valence-corrected chi connectivity index (χ4v) is 4.80. The summed E-state index contributed by atoms with van der Waals surface area (Å²) in [5, 5.41) is 2.89. The molecule has 0 radical (unpaired) electrons. The quantitative estimate of drug-likeness (QED) is 0.903. The Bertz CT molecular complexity index is 607. The molecule has 5 heteroatoms. The topological polar surface area (TPSA) is 63.2 Å². The average molecular weight is 309 g/mol. The number of carbonyl (C=O) groups excluding carboxylic acids is 1. The molecule has 1 amide bonds. The minimum absolute atomic E-state index is 0.0525. The molecule has 0 aromatic heterocycles. The van der Waals surface area contributed by atoms with Crippen molar-refractivity contribution >= 4 is 15.7 Å². The van der Waals surface area contributed by atoms with Crippen LogP contribution in [0.15, 0.2) is 24.3 Å². The normalized spacial score (nSPS) is 23.9. The zero-order chi connectivity index (χ0) is 15.5. The largest absolute Gasteiger partial charge is 0.350 e. The summed E-state index contributed by atoms with van der Waals surface area (Å²) in [7, 11) is -2.99. The molecule has 4 nitrogen and oxygen atoms in total. The highest BCUT2D eigenvalue weighted by molar-refractivity contribution is 7.91. The Balaban J connectivity index is 1.84. The SMILES string of the molecule is CCc1ccc(CCC(=O)NC2(C)CCS(=O)(=O)C2)cc1. The van der Waals surface area contributed by atoms with Crippen molar-refractivity contribution in [2.24, 2.45) is 0 Å². The summed E-state index contributed by atoms with van der Waals surface area (Å²) in [4.78, 5) is 12.0. The highest BCUT2D eigenvalue weighted by atomic mass is 32.2. The fourth-order valence-electron chi connectivity index (χ4n) is 2.71. The average Bonchev–Trinajstić information content (AvgIpc) is 2.70. The van der Waals surface area contributed by atoms with E-state index in [-0.39, 0.29) is 17.4 Å². The Morgan fingerprint density at radius 1 is 1.24 bits per heavy atom. The van der Waals surface area contributed by atoms with Crippen LogP contribution >= 0.6 is 0 Å². The lowest BCUT2D eigenvalue weighted by atomic mass is 10.0. The van der Waals surface area contributed by atoms with E-state index in [9.17, 15) is 13.2 Å². The molecular weight excluding hydrogens is 286 g/mol. The Morgan fingerprint density at radius 2 is 1.86 bits per heavy atom. The molecule has 1 heterocycles. The van der Waals surface area contributed by atoms with Crippen molar-refractivity contribution in [1.82, 2.24) is 5.32 Å². The number of sulfone groups is 1. The molecule has 0 spiro atoms. The van der Waals surface area contributed by atoms with Crippen molar-refractivity contribution in [1.29, 1.82) is 0 Å². The Hall–Kier alpha value is -1.36. The van der Waals surface area contributed by atoms with Crippen molar-refractivity contribution in [2.75, 3.05) is 11.5 Å². The number of hydrogen-bond donors (Lipinski definition) is 1. The van der Waals surface area contributed by atoms with Gasteiger partial charge in [-0.15, -0.1) is 0 Å². The number of aryl methyl sites for hydroxylation is 2. The van der Waals surface area contributed by atoms with Gasteiger partial charge in [-0.05, 0) is 37.3 Å². The molecule has 1 saturated heterocycles. The minimum atomic E-state index is -2.99. The van der Waals surface area contributed by atoms with Gasteiger partial charge >= 0.3 is 0 Å². The molecule has 1 aliphatic rings. The number of hydrogen-bond acceptors (Lipinski definition) is 3. The lowest BCUT2D eigenvalue weighted by Crippen LogP contribution is -2.47. The summed E-state index contributed by atoms with van der Waals surface area (Å²) in [5.74, 6) is 0.147. The third-order valence-electron chi connectivity index (χ3n) is 4.02. The second-order valence-electron chi connectivity index (χ2n) is 6.12. The summed E-state index contributed by atoms with van der Waals surface area (Å²) >= 11 is 0.